The molecule has 0 aliphatic carbocycles. The third-order valence-electron chi connectivity index (χ3n) is 5.54. The number of hydrogen-bond donors (Lipinski definition) is 1. The molecule has 5 aromatic rings. The number of fused-ring (bicyclic) bond motifs is 3. The van der Waals surface area contributed by atoms with Gasteiger partial charge in [-0.25, -0.2) is 4.98 Å². The highest BCUT2D eigenvalue weighted by Gasteiger charge is 2.21. The lowest BCUT2D eigenvalue weighted by Crippen LogP contribution is -2.09. The molecular formula is C26H19ClN4. The van der Waals surface area contributed by atoms with Crippen LogP contribution in [0.1, 0.15) is 22.3 Å². The van der Waals surface area contributed by atoms with E-state index in [1.165, 1.54) is 5.56 Å². The van der Waals surface area contributed by atoms with Gasteiger partial charge in [-0.2, -0.15) is 5.26 Å². The summed E-state index contributed by atoms with van der Waals surface area (Å²) in [5, 5.41) is 14.2. The summed E-state index contributed by atoms with van der Waals surface area (Å²) in [5.41, 5.74) is 7.09. The zero-order chi connectivity index (χ0) is 21.4. The lowest BCUT2D eigenvalue weighted by molar-refractivity contribution is 1.08. The molecule has 0 saturated carbocycles. The first-order valence-corrected chi connectivity index (χ1v) is 10.4. The quantitative estimate of drug-likeness (QED) is 0.352. The summed E-state index contributed by atoms with van der Waals surface area (Å²) in [5.74, 6) is 0.895. The first-order chi connectivity index (χ1) is 15.2. The Balaban J connectivity index is 1.85. The molecule has 0 atom stereocenters. The van der Waals surface area contributed by atoms with Crippen molar-refractivity contribution < 1.29 is 0 Å². The molecule has 0 fully saturated rings. The maximum absolute atomic E-state index is 10.0. The molecule has 0 unspecified atom stereocenters. The molecular weight excluding hydrogens is 404 g/mol. The monoisotopic (exact) mass is 422 g/mol. The van der Waals surface area contributed by atoms with E-state index in [9.17, 15) is 5.26 Å². The van der Waals surface area contributed by atoms with Gasteiger partial charge in [-0.3, -0.25) is 4.40 Å². The highest BCUT2D eigenvalue weighted by molar-refractivity contribution is 6.30. The van der Waals surface area contributed by atoms with Crippen LogP contribution < -0.4 is 5.32 Å². The number of rotatable bonds is 4. The van der Waals surface area contributed by atoms with Crippen LogP contribution in [0.3, 0.4) is 0 Å². The first-order valence-electron chi connectivity index (χ1n) is 10.0. The average Bonchev–Trinajstić information content (AvgIpc) is 3.16. The number of hydrogen-bond acceptors (Lipinski definition) is 3. The Morgan fingerprint density at radius 3 is 2.55 bits per heavy atom. The summed E-state index contributed by atoms with van der Waals surface area (Å²) in [6.07, 6.45) is 0.687. The van der Waals surface area contributed by atoms with Gasteiger partial charge in [-0.05, 0) is 48.4 Å². The molecule has 5 heteroatoms. The van der Waals surface area contributed by atoms with E-state index in [2.05, 4.69) is 27.9 Å². The zero-order valence-corrected chi connectivity index (χ0v) is 17.7. The summed E-state index contributed by atoms with van der Waals surface area (Å²) >= 11 is 6.25. The largest absolute Gasteiger partial charge is 0.341 e. The van der Waals surface area contributed by atoms with Gasteiger partial charge in [0, 0.05) is 22.7 Å². The second-order valence-electron chi connectivity index (χ2n) is 7.50. The number of halogens is 1. The fourth-order valence-corrected chi connectivity index (χ4v) is 4.23. The molecule has 2 aromatic heterocycles. The van der Waals surface area contributed by atoms with Crippen LogP contribution in [-0.4, -0.2) is 9.38 Å². The Morgan fingerprint density at radius 1 is 1.00 bits per heavy atom. The predicted molar refractivity (Wildman–Crippen MR) is 126 cm³/mol. The van der Waals surface area contributed by atoms with Crippen molar-refractivity contribution in [3.63, 3.8) is 0 Å². The molecule has 0 spiro atoms. The van der Waals surface area contributed by atoms with Crippen LogP contribution in [0.15, 0.2) is 78.9 Å². The first kappa shape index (κ1) is 19.2. The Kier molecular flexibility index (Phi) is 4.82. The second kappa shape index (κ2) is 7.79. The van der Waals surface area contributed by atoms with Crippen molar-refractivity contribution in [3.8, 4) is 6.07 Å². The number of anilines is 2. The molecule has 0 bridgehead atoms. The maximum atomic E-state index is 10.0. The fraction of sp³-hybridized carbons (Fsp3) is 0.0769. The van der Waals surface area contributed by atoms with Crippen LogP contribution in [0.25, 0.3) is 16.7 Å². The van der Waals surface area contributed by atoms with Crippen LogP contribution in [0.2, 0.25) is 5.02 Å². The summed E-state index contributed by atoms with van der Waals surface area (Å²) in [4.78, 5) is 4.79. The number of benzene rings is 3. The van der Waals surface area contributed by atoms with Crippen molar-refractivity contribution in [1.29, 1.82) is 5.26 Å². The van der Waals surface area contributed by atoms with E-state index in [0.29, 0.717) is 22.7 Å². The standard InChI is InChI=1S/C26H19ClN4/c1-17-21(14-18-8-3-2-4-9-18)25(29-20-11-7-10-19(27)15-20)31-24-13-6-5-12-23(24)30-26(31)22(17)16-28/h2-13,15,29H,14H2,1H3. The molecule has 0 aliphatic heterocycles. The van der Waals surface area contributed by atoms with Gasteiger partial charge in [0.05, 0.1) is 16.6 Å². The topological polar surface area (TPSA) is 53.1 Å². The normalized spacial score (nSPS) is 11.0. The fourth-order valence-electron chi connectivity index (χ4n) is 4.04. The highest BCUT2D eigenvalue weighted by atomic mass is 35.5. The van der Waals surface area contributed by atoms with Crippen molar-refractivity contribution in [3.05, 3.63) is 106 Å². The van der Waals surface area contributed by atoms with E-state index in [1.54, 1.807) is 0 Å². The van der Waals surface area contributed by atoms with Crippen LogP contribution in [0.5, 0.6) is 0 Å². The minimum absolute atomic E-state index is 0.596. The number of nitriles is 1. The third-order valence-corrected chi connectivity index (χ3v) is 5.78. The van der Waals surface area contributed by atoms with Crippen molar-refractivity contribution in [2.45, 2.75) is 13.3 Å². The van der Waals surface area contributed by atoms with Gasteiger partial charge < -0.3 is 5.32 Å². The van der Waals surface area contributed by atoms with Crippen molar-refractivity contribution in [1.82, 2.24) is 9.38 Å². The number of aromatic nitrogens is 2. The molecule has 1 N–H and O–H groups in total. The van der Waals surface area contributed by atoms with Crippen molar-refractivity contribution >= 4 is 39.8 Å². The highest BCUT2D eigenvalue weighted by Crippen LogP contribution is 2.34. The second-order valence-corrected chi connectivity index (χ2v) is 7.93. The maximum Gasteiger partial charge on any atom is 0.157 e. The molecule has 0 amide bonds. The van der Waals surface area contributed by atoms with E-state index in [-0.39, 0.29) is 0 Å². The number of nitrogens with one attached hydrogen (secondary N) is 1. The molecule has 2 heterocycles. The molecule has 0 aliphatic rings. The van der Waals surface area contributed by atoms with E-state index < -0.39 is 0 Å². The molecule has 0 radical (unpaired) electrons. The molecule has 31 heavy (non-hydrogen) atoms. The minimum Gasteiger partial charge on any atom is -0.341 e. The number of pyridine rings is 1. The third kappa shape index (κ3) is 3.39. The van der Waals surface area contributed by atoms with E-state index in [0.717, 1.165) is 33.7 Å². The van der Waals surface area contributed by atoms with Gasteiger partial charge >= 0.3 is 0 Å². The van der Waals surface area contributed by atoms with E-state index >= 15 is 0 Å². The Labute approximate surface area is 185 Å². The summed E-state index contributed by atoms with van der Waals surface area (Å²) < 4.78 is 2.06. The van der Waals surface area contributed by atoms with Crippen LogP contribution in [-0.2, 0) is 6.42 Å². The predicted octanol–water partition coefficient (Wildman–Crippen LogP) is 6.66. The van der Waals surface area contributed by atoms with Gasteiger partial charge in [0.15, 0.2) is 5.65 Å². The van der Waals surface area contributed by atoms with E-state index in [1.807, 2.05) is 73.7 Å². The lowest BCUT2D eigenvalue weighted by atomic mass is 9.97. The Bertz CT molecular complexity index is 1460. The smallest absolute Gasteiger partial charge is 0.157 e. The summed E-state index contributed by atoms with van der Waals surface area (Å²) in [6, 6.07) is 28.3. The number of imidazole rings is 1. The zero-order valence-electron chi connectivity index (χ0n) is 16.9. The lowest BCUT2D eigenvalue weighted by Gasteiger charge is -2.19. The van der Waals surface area contributed by atoms with Crippen LogP contribution in [0, 0.1) is 18.3 Å². The molecule has 0 saturated heterocycles. The number of para-hydroxylation sites is 2. The van der Waals surface area contributed by atoms with E-state index in [4.69, 9.17) is 16.6 Å². The molecule has 3 aromatic carbocycles. The summed E-state index contributed by atoms with van der Waals surface area (Å²) in [7, 11) is 0. The van der Waals surface area contributed by atoms with Gasteiger partial charge in [-0.1, -0.05) is 60.1 Å². The van der Waals surface area contributed by atoms with Gasteiger partial charge in [0.2, 0.25) is 0 Å². The van der Waals surface area contributed by atoms with Crippen molar-refractivity contribution in [2.75, 3.05) is 5.32 Å². The van der Waals surface area contributed by atoms with Crippen molar-refractivity contribution in [2.24, 2.45) is 0 Å². The van der Waals surface area contributed by atoms with Gasteiger partial charge in [-0.15, -0.1) is 0 Å². The van der Waals surface area contributed by atoms with Gasteiger partial charge in [0.25, 0.3) is 0 Å². The average molecular weight is 423 g/mol. The molecule has 150 valence electrons. The van der Waals surface area contributed by atoms with Crippen LogP contribution in [0.4, 0.5) is 11.5 Å². The molecule has 4 nitrogen and oxygen atoms in total. The molecule has 5 rings (SSSR count). The minimum atomic E-state index is 0.596. The Hall–Kier alpha value is -3.81. The van der Waals surface area contributed by atoms with Crippen LogP contribution >= 0.6 is 11.6 Å². The SMILES string of the molecule is Cc1c(Cc2ccccc2)c(Nc2cccc(Cl)c2)n2c(nc3ccccc32)c1C#N. The van der Waals surface area contributed by atoms with Gasteiger partial charge in [0.1, 0.15) is 11.9 Å². The Morgan fingerprint density at radius 2 is 1.77 bits per heavy atom. The summed E-state index contributed by atoms with van der Waals surface area (Å²) in [6.45, 7) is 2.00. The number of nitrogens with zero attached hydrogens (tertiary/aromatic N) is 3.